The SMILES string of the molecule is N#Cc1cc(NC(=O)NCCc2ccn(-c3ccccc3)n2)ccc1OCC(F)(F)F. The average molecular weight is 429 g/mol. The van der Waals surface area contributed by atoms with E-state index in [0.29, 0.717) is 13.0 Å². The predicted molar refractivity (Wildman–Crippen MR) is 107 cm³/mol. The number of anilines is 1. The monoisotopic (exact) mass is 429 g/mol. The quantitative estimate of drug-likeness (QED) is 0.593. The van der Waals surface area contributed by atoms with E-state index < -0.39 is 18.8 Å². The van der Waals surface area contributed by atoms with E-state index in [-0.39, 0.29) is 17.0 Å². The van der Waals surface area contributed by atoms with Gasteiger partial charge >= 0.3 is 12.2 Å². The molecule has 1 aromatic heterocycles. The molecule has 7 nitrogen and oxygen atoms in total. The Balaban J connectivity index is 1.50. The van der Waals surface area contributed by atoms with Crippen LogP contribution in [-0.2, 0) is 6.42 Å². The van der Waals surface area contributed by atoms with Gasteiger partial charge in [0.1, 0.15) is 11.8 Å². The van der Waals surface area contributed by atoms with E-state index in [9.17, 15) is 18.0 Å². The first-order valence-corrected chi connectivity index (χ1v) is 9.22. The minimum atomic E-state index is -4.51. The maximum atomic E-state index is 12.3. The van der Waals surface area contributed by atoms with Crippen molar-refractivity contribution in [1.82, 2.24) is 15.1 Å². The Morgan fingerprint density at radius 1 is 1.16 bits per heavy atom. The Morgan fingerprint density at radius 2 is 1.94 bits per heavy atom. The number of nitrogens with zero attached hydrogens (tertiary/aromatic N) is 3. The van der Waals surface area contributed by atoms with Gasteiger partial charge < -0.3 is 15.4 Å². The van der Waals surface area contributed by atoms with Gasteiger partial charge in [-0.3, -0.25) is 0 Å². The van der Waals surface area contributed by atoms with Gasteiger partial charge in [-0.25, -0.2) is 9.48 Å². The number of amides is 2. The summed E-state index contributed by atoms with van der Waals surface area (Å²) in [5.74, 6) is -0.209. The summed E-state index contributed by atoms with van der Waals surface area (Å²) in [5, 5.41) is 18.7. The summed E-state index contributed by atoms with van der Waals surface area (Å²) in [7, 11) is 0. The number of alkyl halides is 3. The first-order chi connectivity index (χ1) is 14.8. The lowest BCUT2D eigenvalue weighted by atomic mass is 10.2. The van der Waals surface area contributed by atoms with Crippen LogP contribution in [0.1, 0.15) is 11.3 Å². The fraction of sp³-hybridized carbons (Fsp3) is 0.190. The molecule has 2 N–H and O–H groups in total. The maximum absolute atomic E-state index is 12.3. The van der Waals surface area contributed by atoms with Gasteiger partial charge in [0.05, 0.1) is 16.9 Å². The molecule has 10 heteroatoms. The van der Waals surface area contributed by atoms with Crippen LogP contribution >= 0.6 is 0 Å². The second-order valence-corrected chi connectivity index (χ2v) is 6.44. The van der Waals surface area contributed by atoms with E-state index in [0.717, 1.165) is 11.4 Å². The summed E-state index contributed by atoms with van der Waals surface area (Å²) in [6, 6.07) is 16.5. The number of hydrogen-bond acceptors (Lipinski definition) is 4. The van der Waals surface area contributed by atoms with Gasteiger partial charge in [0.2, 0.25) is 0 Å². The molecule has 0 bridgehead atoms. The van der Waals surface area contributed by atoms with Crippen LogP contribution in [-0.4, -0.2) is 35.1 Å². The van der Waals surface area contributed by atoms with Gasteiger partial charge in [-0.1, -0.05) is 18.2 Å². The molecule has 3 rings (SSSR count). The van der Waals surface area contributed by atoms with Crippen LogP contribution < -0.4 is 15.4 Å². The van der Waals surface area contributed by atoms with Crippen LogP contribution in [0.3, 0.4) is 0 Å². The number of benzene rings is 2. The molecule has 31 heavy (non-hydrogen) atoms. The van der Waals surface area contributed by atoms with Crippen molar-refractivity contribution in [2.75, 3.05) is 18.5 Å². The first-order valence-electron chi connectivity index (χ1n) is 9.22. The molecular formula is C21H18F3N5O2. The largest absolute Gasteiger partial charge is 0.483 e. The molecule has 0 fully saturated rings. The molecule has 0 saturated heterocycles. The lowest BCUT2D eigenvalue weighted by molar-refractivity contribution is -0.153. The Bertz CT molecular complexity index is 1070. The molecule has 1 heterocycles. The fourth-order valence-electron chi connectivity index (χ4n) is 2.68. The number of nitriles is 1. The van der Waals surface area contributed by atoms with Crippen LogP contribution in [0.25, 0.3) is 5.69 Å². The highest BCUT2D eigenvalue weighted by atomic mass is 19.4. The van der Waals surface area contributed by atoms with Crippen molar-refractivity contribution >= 4 is 11.7 Å². The summed E-state index contributed by atoms with van der Waals surface area (Å²) < 4.78 is 43.2. The molecule has 0 radical (unpaired) electrons. The highest BCUT2D eigenvalue weighted by molar-refractivity contribution is 5.89. The van der Waals surface area contributed by atoms with E-state index in [2.05, 4.69) is 20.5 Å². The van der Waals surface area contributed by atoms with Gasteiger partial charge in [0.25, 0.3) is 0 Å². The van der Waals surface area contributed by atoms with Gasteiger partial charge in [-0.15, -0.1) is 0 Å². The standard InChI is InChI=1S/C21H18F3N5O2/c22-21(23,24)14-31-19-7-6-17(12-15(19)13-25)27-20(30)26-10-8-16-9-11-29(28-16)18-4-2-1-3-5-18/h1-7,9,11-12H,8,10,14H2,(H2,26,27,30). The molecule has 2 amide bonds. The van der Waals surface area contributed by atoms with Crippen molar-refractivity contribution in [1.29, 1.82) is 5.26 Å². The summed E-state index contributed by atoms with van der Waals surface area (Å²) in [5.41, 5.74) is 1.85. The lowest BCUT2D eigenvalue weighted by Gasteiger charge is -2.12. The molecule has 0 atom stereocenters. The Morgan fingerprint density at radius 3 is 2.65 bits per heavy atom. The van der Waals surface area contributed by atoms with Crippen LogP contribution in [0, 0.1) is 11.3 Å². The van der Waals surface area contributed by atoms with Crippen LogP contribution in [0.15, 0.2) is 60.8 Å². The Kier molecular flexibility index (Phi) is 6.77. The second kappa shape index (κ2) is 9.67. The molecule has 0 aliphatic rings. The van der Waals surface area contributed by atoms with Crippen molar-refractivity contribution in [3.63, 3.8) is 0 Å². The van der Waals surface area contributed by atoms with E-state index >= 15 is 0 Å². The second-order valence-electron chi connectivity index (χ2n) is 6.44. The summed E-state index contributed by atoms with van der Waals surface area (Å²) in [4.78, 5) is 12.1. The highest BCUT2D eigenvalue weighted by Crippen LogP contribution is 2.24. The lowest BCUT2D eigenvalue weighted by Crippen LogP contribution is -2.30. The molecule has 0 spiro atoms. The number of carbonyl (C=O) groups excluding carboxylic acids is 1. The third-order valence-corrected chi connectivity index (χ3v) is 4.08. The number of halogens is 3. The van der Waals surface area contributed by atoms with Crippen LogP contribution in [0.5, 0.6) is 5.75 Å². The first kappa shape index (κ1) is 21.7. The molecule has 0 unspecified atom stereocenters. The highest BCUT2D eigenvalue weighted by Gasteiger charge is 2.28. The molecule has 160 valence electrons. The number of carbonyl (C=O) groups is 1. The van der Waals surface area contributed by atoms with Gasteiger partial charge in [0.15, 0.2) is 6.61 Å². The van der Waals surface area contributed by atoms with E-state index in [1.807, 2.05) is 42.6 Å². The van der Waals surface area contributed by atoms with E-state index in [4.69, 9.17) is 5.26 Å². The van der Waals surface area contributed by atoms with Gasteiger partial charge in [-0.2, -0.15) is 23.5 Å². The zero-order valence-electron chi connectivity index (χ0n) is 16.2. The Labute approximate surface area is 176 Å². The number of para-hydroxylation sites is 1. The van der Waals surface area contributed by atoms with Crippen molar-refractivity contribution < 1.29 is 22.7 Å². The third kappa shape index (κ3) is 6.50. The van der Waals surface area contributed by atoms with Crippen molar-refractivity contribution in [2.45, 2.75) is 12.6 Å². The zero-order valence-corrected chi connectivity index (χ0v) is 16.2. The average Bonchev–Trinajstić information content (AvgIpc) is 3.21. The number of nitrogens with one attached hydrogen (secondary N) is 2. The zero-order chi connectivity index (χ0) is 22.3. The fourth-order valence-corrected chi connectivity index (χ4v) is 2.68. The minimum absolute atomic E-state index is 0.117. The molecular weight excluding hydrogens is 411 g/mol. The van der Waals surface area contributed by atoms with E-state index in [1.54, 1.807) is 10.8 Å². The molecule has 0 aliphatic carbocycles. The summed E-state index contributed by atoms with van der Waals surface area (Å²) in [6.07, 6.45) is -2.18. The van der Waals surface area contributed by atoms with Crippen molar-refractivity contribution in [3.05, 3.63) is 72.1 Å². The topological polar surface area (TPSA) is 92.0 Å². The van der Waals surface area contributed by atoms with Crippen LogP contribution in [0.4, 0.5) is 23.7 Å². The predicted octanol–water partition coefficient (Wildman–Crippen LogP) is 4.05. The maximum Gasteiger partial charge on any atom is 0.422 e. The molecule has 0 saturated carbocycles. The van der Waals surface area contributed by atoms with Gasteiger partial charge in [-0.05, 0) is 36.4 Å². The smallest absolute Gasteiger partial charge is 0.422 e. The number of aromatic nitrogens is 2. The number of urea groups is 1. The van der Waals surface area contributed by atoms with E-state index in [1.165, 1.54) is 18.2 Å². The van der Waals surface area contributed by atoms with Crippen LogP contribution in [0.2, 0.25) is 0 Å². The van der Waals surface area contributed by atoms with Gasteiger partial charge in [0, 0.05) is 24.8 Å². The summed E-state index contributed by atoms with van der Waals surface area (Å²) in [6.45, 7) is -1.19. The van der Waals surface area contributed by atoms with Crippen molar-refractivity contribution in [3.8, 4) is 17.5 Å². The Hall–Kier alpha value is -4.00. The molecule has 3 aromatic rings. The van der Waals surface area contributed by atoms with Crippen molar-refractivity contribution in [2.24, 2.45) is 0 Å². The number of hydrogen-bond donors (Lipinski definition) is 2. The molecule has 0 aliphatic heterocycles. The number of rotatable bonds is 7. The normalized spacial score (nSPS) is 10.9. The summed E-state index contributed by atoms with van der Waals surface area (Å²) >= 11 is 0. The third-order valence-electron chi connectivity index (χ3n) is 4.08. The minimum Gasteiger partial charge on any atom is -0.483 e. The number of ether oxygens (including phenoxy) is 1. The molecule has 2 aromatic carbocycles.